The Morgan fingerprint density at radius 2 is 1.60 bits per heavy atom. The van der Waals surface area contributed by atoms with Crippen LogP contribution in [-0.2, 0) is 0 Å². The first-order valence-electron chi connectivity index (χ1n) is 9.57. The minimum absolute atomic E-state index is 0.182. The van der Waals surface area contributed by atoms with Crippen LogP contribution in [0.2, 0.25) is 0 Å². The lowest BCUT2D eigenvalue weighted by Crippen LogP contribution is -2.30. The molecule has 0 saturated carbocycles. The molecule has 0 aliphatic carbocycles. The number of halogens is 2. The Kier molecular flexibility index (Phi) is 5.08. The van der Waals surface area contributed by atoms with Gasteiger partial charge < -0.3 is 4.90 Å². The van der Waals surface area contributed by atoms with Crippen molar-refractivity contribution in [3.63, 3.8) is 0 Å². The Balaban J connectivity index is 2.08. The highest BCUT2D eigenvalue weighted by molar-refractivity contribution is 5.82. The van der Waals surface area contributed by atoms with Gasteiger partial charge in [-0.25, -0.2) is 13.8 Å². The second kappa shape index (κ2) is 7.71. The fraction of sp³-hybridized carbons (Fsp3) is 0.167. The van der Waals surface area contributed by atoms with Crippen molar-refractivity contribution in [2.75, 3.05) is 19.0 Å². The van der Waals surface area contributed by atoms with Crippen LogP contribution in [0.25, 0.3) is 10.9 Å². The first-order valence-corrected chi connectivity index (χ1v) is 9.57. The van der Waals surface area contributed by atoms with E-state index in [1.165, 1.54) is 22.8 Å². The average Bonchev–Trinajstić information content (AvgIpc) is 2.72. The van der Waals surface area contributed by atoms with Crippen LogP contribution in [0.3, 0.4) is 0 Å². The Labute approximate surface area is 173 Å². The van der Waals surface area contributed by atoms with Crippen molar-refractivity contribution in [3.8, 4) is 0 Å². The maximum atomic E-state index is 14.8. The molecule has 0 radical (unpaired) electrons. The summed E-state index contributed by atoms with van der Waals surface area (Å²) in [6.45, 7) is 1.68. The Morgan fingerprint density at radius 3 is 2.23 bits per heavy atom. The van der Waals surface area contributed by atoms with E-state index in [0.717, 1.165) is 5.69 Å². The zero-order chi connectivity index (χ0) is 21.4. The molecule has 1 atom stereocenters. The van der Waals surface area contributed by atoms with Crippen molar-refractivity contribution in [2.24, 2.45) is 0 Å². The van der Waals surface area contributed by atoms with Crippen molar-refractivity contribution < 1.29 is 8.78 Å². The van der Waals surface area contributed by atoms with Crippen LogP contribution in [0.1, 0.15) is 23.0 Å². The Bertz CT molecular complexity index is 1260. The number of aromatic nitrogens is 2. The monoisotopic (exact) mass is 405 g/mol. The van der Waals surface area contributed by atoms with Crippen LogP contribution in [0.15, 0.2) is 71.5 Å². The number of nitrogens with zero attached hydrogens (tertiary/aromatic N) is 3. The van der Waals surface area contributed by atoms with E-state index >= 15 is 0 Å². The standard InChI is InChI=1S/C24H21F2N3O/c1-15-27-21-13-12-17(28(2)3)14-18(21)24(30)29(15)23(16-8-5-4-6-9-16)22-19(25)10-7-11-20(22)26/h4-14,23H,1-3H3. The van der Waals surface area contributed by atoms with Gasteiger partial charge in [-0.1, -0.05) is 36.4 Å². The maximum Gasteiger partial charge on any atom is 0.262 e. The fourth-order valence-corrected chi connectivity index (χ4v) is 3.73. The molecule has 0 N–H and O–H groups in total. The minimum Gasteiger partial charge on any atom is -0.378 e. The van der Waals surface area contributed by atoms with Gasteiger partial charge in [-0.05, 0) is 42.8 Å². The number of fused-ring (bicyclic) bond motifs is 1. The topological polar surface area (TPSA) is 38.1 Å². The Morgan fingerprint density at radius 1 is 0.933 bits per heavy atom. The Hall–Kier alpha value is -3.54. The highest BCUT2D eigenvalue weighted by Gasteiger charge is 2.27. The summed E-state index contributed by atoms with van der Waals surface area (Å²) in [6, 6.07) is 17.0. The van der Waals surface area contributed by atoms with Crippen LogP contribution < -0.4 is 10.5 Å². The molecule has 1 heterocycles. The summed E-state index contributed by atoms with van der Waals surface area (Å²) in [7, 11) is 3.76. The molecule has 0 spiro atoms. The summed E-state index contributed by atoms with van der Waals surface area (Å²) >= 11 is 0. The summed E-state index contributed by atoms with van der Waals surface area (Å²) in [4.78, 5) is 20.0. The molecule has 0 bridgehead atoms. The molecular formula is C24H21F2N3O. The third-order valence-electron chi connectivity index (χ3n) is 5.22. The third kappa shape index (κ3) is 3.34. The largest absolute Gasteiger partial charge is 0.378 e. The molecule has 0 aliphatic heterocycles. The number of anilines is 1. The van der Waals surface area contributed by atoms with Crippen LogP contribution in [0.5, 0.6) is 0 Å². The van der Waals surface area contributed by atoms with Crippen LogP contribution in [0.4, 0.5) is 14.5 Å². The van der Waals surface area contributed by atoms with E-state index in [1.54, 1.807) is 43.3 Å². The lowest BCUT2D eigenvalue weighted by molar-refractivity contribution is 0.507. The van der Waals surface area contributed by atoms with Crippen molar-refractivity contribution in [1.29, 1.82) is 0 Å². The zero-order valence-corrected chi connectivity index (χ0v) is 16.9. The summed E-state index contributed by atoms with van der Waals surface area (Å²) in [5, 5.41) is 0.393. The average molecular weight is 405 g/mol. The van der Waals surface area contributed by atoms with Gasteiger partial charge in [-0.2, -0.15) is 0 Å². The first-order chi connectivity index (χ1) is 14.4. The van der Waals surface area contributed by atoms with E-state index in [9.17, 15) is 13.6 Å². The van der Waals surface area contributed by atoms with Gasteiger partial charge in [-0.15, -0.1) is 0 Å². The molecule has 4 aromatic rings. The van der Waals surface area contributed by atoms with Crippen molar-refractivity contribution in [1.82, 2.24) is 9.55 Å². The minimum atomic E-state index is -0.986. The third-order valence-corrected chi connectivity index (χ3v) is 5.22. The molecule has 3 aromatic carbocycles. The summed E-state index contributed by atoms with van der Waals surface area (Å²) < 4.78 is 31.0. The molecule has 4 rings (SSSR count). The van der Waals surface area contributed by atoms with Gasteiger partial charge in [0.1, 0.15) is 17.5 Å². The van der Waals surface area contributed by atoms with E-state index in [1.807, 2.05) is 31.1 Å². The molecule has 0 saturated heterocycles. The maximum absolute atomic E-state index is 14.8. The summed E-state index contributed by atoms with van der Waals surface area (Å²) in [6.07, 6.45) is 0. The van der Waals surface area contributed by atoms with E-state index < -0.39 is 17.7 Å². The van der Waals surface area contributed by atoms with Crippen molar-refractivity contribution in [3.05, 3.63) is 106 Å². The van der Waals surface area contributed by atoms with Crippen LogP contribution in [0, 0.1) is 18.6 Å². The molecule has 0 aliphatic rings. The van der Waals surface area contributed by atoms with E-state index in [4.69, 9.17) is 0 Å². The molecule has 1 unspecified atom stereocenters. The van der Waals surface area contributed by atoms with Gasteiger partial charge in [0.2, 0.25) is 0 Å². The number of rotatable bonds is 4. The lowest BCUT2D eigenvalue weighted by Gasteiger charge is -2.24. The highest BCUT2D eigenvalue weighted by Crippen LogP contribution is 2.31. The number of benzene rings is 3. The predicted molar refractivity (Wildman–Crippen MR) is 115 cm³/mol. The molecule has 30 heavy (non-hydrogen) atoms. The van der Waals surface area contributed by atoms with E-state index in [-0.39, 0.29) is 11.1 Å². The van der Waals surface area contributed by atoms with Crippen molar-refractivity contribution in [2.45, 2.75) is 13.0 Å². The van der Waals surface area contributed by atoms with Gasteiger partial charge >= 0.3 is 0 Å². The van der Waals surface area contributed by atoms with Crippen LogP contribution >= 0.6 is 0 Å². The van der Waals surface area contributed by atoms with E-state index in [2.05, 4.69) is 4.98 Å². The summed E-state index contributed by atoms with van der Waals surface area (Å²) in [5.74, 6) is -1.05. The van der Waals surface area contributed by atoms with Gasteiger partial charge in [-0.3, -0.25) is 9.36 Å². The van der Waals surface area contributed by atoms with Gasteiger partial charge in [0.15, 0.2) is 0 Å². The van der Waals surface area contributed by atoms with Crippen LogP contribution in [-0.4, -0.2) is 23.6 Å². The second-order valence-corrected chi connectivity index (χ2v) is 7.38. The number of hydrogen-bond acceptors (Lipinski definition) is 3. The number of hydrogen-bond donors (Lipinski definition) is 0. The molecule has 4 nitrogen and oxygen atoms in total. The molecule has 152 valence electrons. The van der Waals surface area contributed by atoms with Gasteiger partial charge in [0, 0.05) is 19.8 Å². The molecule has 6 heteroatoms. The molecular weight excluding hydrogens is 384 g/mol. The SMILES string of the molecule is Cc1nc2ccc(N(C)C)cc2c(=O)n1C(c1ccccc1)c1c(F)cccc1F. The zero-order valence-electron chi connectivity index (χ0n) is 16.9. The predicted octanol–water partition coefficient (Wildman–Crippen LogP) is 4.69. The van der Waals surface area contributed by atoms with E-state index in [0.29, 0.717) is 22.3 Å². The smallest absolute Gasteiger partial charge is 0.262 e. The second-order valence-electron chi connectivity index (χ2n) is 7.38. The summed E-state index contributed by atoms with van der Waals surface area (Å²) in [5.41, 5.74) is 1.44. The van der Waals surface area contributed by atoms with Crippen molar-refractivity contribution >= 4 is 16.6 Å². The number of aryl methyl sites for hydroxylation is 1. The fourth-order valence-electron chi connectivity index (χ4n) is 3.73. The first kappa shape index (κ1) is 19.8. The van der Waals surface area contributed by atoms with Gasteiger partial charge in [0.05, 0.1) is 22.5 Å². The quantitative estimate of drug-likeness (QED) is 0.495. The lowest BCUT2D eigenvalue weighted by atomic mass is 9.96. The molecule has 1 aromatic heterocycles. The molecule has 0 fully saturated rings. The van der Waals surface area contributed by atoms with Gasteiger partial charge in [0.25, 0.3) is 5.56 Å². The highest BCUT2D eigenvalue weighted by atomic mass is 19.1. The normalized spacial score (nSPS) is 12.2. The molecule has 0 amide bonds.